The summed E-state index contributed by atoms with van der Waals surface area (Å²) in [7, 11) is 0. The van der Waals surface area contributed by atoms with Gasteiger partial charge < -0.3 is 14.6 Å². The SMILES string of the molecule is CCn1c(SCC(=O)Nc2ccc(Cl)cc2Cl)nnc1C(C)Oc1cc(C)cc(C)c1. The fraction of sp³-hybridized carbons (Fsp3) is 0.318. The molecule has 0 aliphatic rings. The van der Waals surface area contributed by atoms with Crippen molar-refractivity contribution in [1.82, 2.24) is 14.8 Å². The molecule has 0 radical (unpaired) electrons. The molecule has 1 N–H and O–H groups in total. The number of carbonyl (C=O) groups excluding carboxylic acids is 1. The monoisotopic (exact) mass is 478 g/mol. The molecule has 164 valence electrons. The molecule has 1 amide bonds. The molecular formula is C22H24Cl2N4O2S. The van der Waals surface area contributed by atoms with Crippen LogP contribution in [0.15, 0.2) is 41.6 Å². The van der Waals surface area contributed by atoms with Crippen molar-refractivity contribution in [2.75, 3.05) is 11.1 Å². The summed E-state index contributed by atoms with van der Waals surface area (Å²) in [5, 5.41) is 12.9. The van der Waals surface area contributed by atoms with Gasteiger partial charge >= 0.3 is 0 Å². The van der Waals surface area contributed by atoms with Crippen LogP contribution >= 0.6 is 35.0 Å². The molecule has 0 fully saturated rings. The molecule has 0 aliphatic carbocycles. The first-order valence-electron chi connectivity index (χ1n) is 9.82. The van der Waals surface area contributed by atoms with Crippen LogP contribution in [-0.4, -0.2) is 26.4 Å². The highest BCUT2D eigenvalue weighted by Gasteiger charge is 2.20. The average molecular weight is 479 g/mol. The quantitative estimate of drug-likeness (QED) is 0.396. The summed E-state index contributed by atoms with van der Waals surface area (Å²) in [4.78, 5) is 12.4. The molecule has 9 heteroatoms. The van der Waals surface area contributed by atoms with Crippen molar-refractivity contribution >= 4 is 46.6 Å². The van der Waals surface area contributed by atoms with Gasteiger partial charge in [-0.1, -0.05) is 41.0 Å². The predicted octanol–water partition coefficient (Wildman–Crippen LogP) is 6.09. The van der Waals surface area contributed by atoms with Crippen molar-refractivity contribution in [2.24, 2.45) is 0 Å². The zero-order valence-corrected chi connectivity index (χ0v) is 20.1. The van der Waals surface area contributed by atoms with Gasteiger partial charge in [0, 0.05) is 11.6 Å². The largest absolute Gasteiger partial charge is 0.483 e. The molecule has 1 heterocycles. The second kappa shape index (κ2) is 10.4. The molecule has 1 atom stereocenters. The van der Waals surface area contributed by atoms with Crippen molar-refractivity contribution in [2.45, 2.75) is 45.5 Å². The summed E-state index contributed by atoms with van der Waals surface area (Å²) in [6, 6.07) is 11.0. The molecule has 3 rings (SSSR count). The summed E-state index contributed by atoms with van der Waals surface area (Å²) in [5.41, 5.74) is 2.80. The lowest BCUT2D eigenvalue weighted by atomic mass is 10.1. The fourth-order valence-electron chi connectivity index (χ4n) is 3.17. The number of amides is 1. The van der Waals surface area contributed by atoms with Crippen LogP contribution in [0, 0.1) is 13.8 Å². The first-order valence-corrected chi connectivity index (χ1v) is 11.6. The average Bonchev–Trinajstić information content (AvgIpc) is 3.11. The molecule has 31 heavy (non-hydrogen) atoms. The molecule has 0 saturated heterocycles. The molecular weight excluding hydrogens is 455 g/mol. The number of anilines is 1. The van der Waals surface area contributed by atoms with Crippen LogP contribution in [0.3, 0.4) is 0 Å². The van der Waals surface area contributed by atoms with E-state index >= 15 is 0 Å². The Morgan fingerprint density at radius 3 is 2.52 bits per heavy atom. The highest BCUT2D eigenvalue weighted by molar-refractivity contribution is 7.99. The molecule has 0 saturated carbocycles. The van der Waals surface area contributed by atoms with Crippen LogP contribution in [0.2, 0.25) is 10.0 Å². The van der Waals surface area contributed by atoms with Gasteiger partial charge in [-0.15, -0.1) is 10.2 Å². The third-order valence-corrected chi connectivity index (χ3v) is 5.99. The van der Waals surface area contributed by atoms with Crippen LogP contribution in [0.25, 0.3) is 0 Å². The lowest BCUT2D eigenvalue weighted by Crippen LogP contribution is -2.15. The third kappa shape index (κ3) is 6.15. The van der Waals surface area contributed by atoms with Crippen LogP contribution in [0.5, 0.6) is 5.75 Å². The Balaban J connectivity index is 1.65. The Morgan fingerprint density at radius 2 is 1.87 bits per heavy atom. The minimum Gasteiger partial charge on any atom is -0.483 e. The minimum atomic E-state index is -0.287. The molecule has 0 bridgehead atoms. The van der Waals surface area contributed by atoms with Gasteiger partial charge in [-0.05, 0) is 69.2 Å². The summed E-state index contributed by atoms with van der Waals surface area (Å²) >= 11 is 13.3. The van der Waals surface area contributed by atoms with Gasteiger partial charge in [0.2, 0.25) is 5.91 Å². The van der Waals surface area contributed by atoms with E-state index in [1.54, 1.807) is 18.2 Å². The first kappa shape index (κ1) is 23.4. The lowest BCUT2D eigenvalue weighted by Gasteiger charge is -2.16. The second-order valence-electron chi connectivity index (χ2n) is 7.13. The second-order valence-corrected chi connectivity index (χ2v) is 8.92. The van der Waals surface area contributed by atoms with Crippen LogP contribution in [0.4, 0.5) is 5.69 Å². The van der Waals surface area contributed by atoms with Gasteiger partial charge in [-0.2, -0.15) is 0 Å². The number of ether oxygens (including phenoxy) is 1. The number of halogens is 2. The Hall–Kier alpha value is -2.22. The van der Waals surface area contributed by atoms with Crippen LogP contribution in [-0.2, 0) is 11.3 Å². The zero-order valence-electron chi connectivity index (χ0n) is 17.8. The van der Waals surface area contributed by atoms with E-state index in [1.165, 1.54) is 11.8 Å². The summed E-state index contributed by atoms with van der Waals surface area (Å²) in [5.74, 6) is 1.49. The topological polar surface area (TPSA) is 69.0 Å². The summed E-state index contributed by atoms with van der Waals surface area (Å²) < 4.78 is 8.07. The number of benzene rings is 2. The van der Waals surface area contributed by atoms with E-state index in [4.69, 9.17) is 27.9 Å². The number of carbonyl (C=O) groups is 1. The van der Waals surface area contributed by atoms with Crippen LogP contribution < -0.4 is 10.1 Å². The van der Waals surface area contributed by atoms with E-state index in [0.29, 0.717) is 33.3 Å². The van der Waals surface area contributed by atoms with E-state index in [1.807, 2.05) is 44.4 Å². The van der Waals surface area contributed by atoms with Gasteiger partial charge in [0.15, 0.2) is 17.1 Å². The highest BCUT2D eigenvalue weighted by atomic mass is 35.5. The normalized spacial score (nSPS) is 11.9. The Labute approximate surface area is 196 Å². The van der Waals surface area contributed by atoms with Gasteiger partial charge in [-0.25, -0.2) is 0 Å². The maximum atomic E-state index is 12.4. The standard InChI is InChI=1S/C22H24Cl2N4O2S/c1-5-28-21(15(4)30-17-9-13(2)8-14(3)10-17)26-27-22(28)31-12-20(29)25-19-7-6-16(23)11-18(19)24/h6-11,15H,5,12H2,1-4H3,(H,25,29). The molecule has 1 unspecified atom stereocenters. The number of aromatic nitrogens is 3. The van der Waals surface area contributed by atoms with Crippen LogP contribution in [0.1, 0.15) is 36.9 Å². The summed E-state index contributed by atoms with van der Waals surface area (Å²) in [6.45, 7) is 8.69. The fourth-order valence-corrected chi connectivity index (χ4v) is 4.43. The van der Waals surface area contributed by atoms with Crippen molar-refractivity contribution in [3.05, 3.63) is 63.4 Å². The number of hydrogen-bond donors (Lipinski definition) is 1. The number of nitrogens with zero attached hydrogens (tertiary/aromatic N) is 3. The van der Waals surface area contributed by atoms with Gasteiger partial charge in [-0.3, -0.25) is 4.79 Å². The molecule has 6 nitrogen and oxygen atoms in total. The van der Waals surface area contributed by atoms with Crippen molar-refractivity contribution < 1.29 is 9.53 Å². The number of rotatable bonds is 8. The van der Waals surface area contributed by atoms with Gasteiger partial charge in [0.25, 0.3) is 0 Å². The van der Waals surface area contributed by atoms with Crippen molar-refractivity contribution in [1.29, 1.82) is 0 Å². The number of aryl methyl sites for hydroxylation is 2. The lowest BCUT2D eigenvalue weighted by molar-refractivity contribution is -0.113. The Kier molecular flexibility index (Phi) is 7.86. The smallest absolute Gasteiger partial charge is 0.234 e. The molecule has 0 spiro atoms. The Morgan fingerprint density at radius 1 is 1.16 bits per heavy atom. The first-order chi connectivity index (χ1) is 14.8. The summed E-state index contributed by atoms with van der Waals surface area (Å²) in [6.07, 6.45) is -0.287. The number of thioether (sulfide) groups is 1. The van der Waals surface area contributed by atoms with E-state index in [-0.39, 0.29) is 17.8 Å². The van der Waals surface area contributed by atoms with Crippen molar-refractivity contribution in [3.8, 4) is 5.75 Å². The molecule has 1 aromatic heterocycles. The van der Waals surface area contributed by atoms with Crippen molar-refractivity contribution in [3.63, 3.8) is 0 Å². The maximum absolute atomic E-state index is 12.4. The predicted molar refractivity (Wildman–Crippen MR) is 126 cm³/mol. The van der Waals surface area contributed by atoms with E-state index in [0.717, 1.165) is 16.9 Å². The van der Waals surface area contributed by atoms with Gasteiger partial charge in [0.05, 0.1) is 16.5 Å². The zero-order chi connectivity index (χ0) is 22.5. The van der Waals surface area contributed by atoms with E-state index in [9.17, 15) is 4.79 Å². The molecule has 2 aromatic carbocycles. The third-order valence-electron chi connectivity index (χ3n) is 4.47. The minimum absolute atomic E-state index is 0.170. The van der Waals surface area contributed by atoms with E-state index < -0.39 is 0 Å². The molecule has 0 aliphatic heterocycles. The van der Waals surface area contributed by atoms with E-state index in [2.05, 4.69) is 21.6 Å². The Bertz CT molecular complexity index is 1070. The maximum Gasteiger partial charge on any atom is 0.234 e. The highest BCUT2D eigenvalue weighted by Crippen LogP contribution is 2.27. The van der Waals surface area contributed by atoms with Gasteiger partial charge in [0.1, 0.15) is 5.75 Å². The number of hydrogen-bond acceptors (Lipinski definition) is 5. The number of nitrogens with one attached hydrogen (secondary N) is 1. The molecule has 3 aromatic rings.